The van der Waals surface area contributed by atoms with E-state index in [1.165, 1.54) is 50.1 Å². The van der Waals surface area contributed by atoms with Crippen LogP contribution in [0.3, 0.4) is 0 Å². The van der Waals surface area contributed by atoms with Gasteiger partial charge in [-0.1, -0.05) is 207 Å². The Kier molecular flexibility index (Phi) is 12.2. The highest BCUT2D eigenvalue weighted by atomic mass is 16.3. The molecule has 0 N–H and O–H groups in total. The van der Waals surface area contributed by atoms with E-state index in [0.29, 0.717) is 5.92 Å². The Morgan fingerprint density at radius 1 is 0.329 bits per heavy atom. The van der Waals surface area contributed by atoms with Crippen LogP contribution in [0.4, 0.5) is 34.1 Å². The quantitative estimate of drug-likeness (QED) is 0.136. The minimum atomic E-state index is 0.0384. The molecule has 0 aliphatic heterocycles. The van der Waals surface area contributed by atoms with Crippen molar-refractivity contribution in [3.8, 4) is 33.4 Å². The molecule has 12 rings (SSSR count). The van der Waals surface area contributed by atoms with Gasteiger partial charge in [0.05, 0.1) is 11.4 Å². The molecule has 0 fully saturated rings. The molecule has 0 atom stereocenters. The summed E-state index contributed by atoms with van der Waals surface area (Å²) in [6.45, 7) is 18.1. The first-order valence-electron chi connectivity index (χ1n) is 26.8. The predicted octanol–water partition coefficient (Wildman–Crippen LogP) is 21.6. The number of nitrogens with zero attached hydrogens (tertiary/aromatic N) is 2. The summed E-state index contributed by atoms with van der Waals surface area (Å²) in [6, 6.07) is 87.2. The molecule has 1 heterocycles. The van der Waals surface area contributed by atoms with E-state index in [1.807, 2.05) is 0 Å². The van der Waals surface area contributed by atoms with Crippen LogP contribution in [0.15, 0.2) is 241 Å². The second-order valence-electron chi connectivity index (χ2n) is 22.9. The van der Waals surface area contributed by atoms with Crippen molar-refractivity contribution in [2.45, 2.75) is 72.1 Å². The molecule has 0 bridgehead atoms. The van der Waals surface area contributed by atoms with Crippen molar-refractivity contribution in [3.63, 3.8) is 0 Å². The molecule has 0 aliphatic carbocycles. The number of benzene rings is 11. The Hall–Kier alpha value is -8.66. The summed E-state index contributed by atoms with van der Waals surface area (Å²) in [6.07, 6.45) is 0. The largest absolute Gasteiger partial charge is 0.456 e. The molecule has 0 aliphatic rings. The van der Waals surface area contributed by atoms with Crippen LogP contribution in [-0.2, 0) is 10.8 Å². The van der Waals surface area contributed by atoms with Crippen LogP contribution in [-0.4, -0.2) is 0 Å². The third kappa shape index (κ3) is 9.21. The Bertz CT molecular complexity index is 4060. The molecule has 0 amide bonds. The third-order valence-electron chi connectivity index (χ3n) is 15.3. The van der Waals surface area contributed by atoms with Crippen LogP contribution >= 0.6 is 0 Å². The van der Waals surface area contributed by atoms with E-state index < -0.39 is 0 Å². The van der Waals surface area contributed by atoms with Crippen LogP contribution in [0.25, 0.3) is 76.9 Å². The second-order valence-corrected chi connectivity index (χ2v) is 22.9. The van der Waals surface area contributed by atoms with E-state index >= 15 is 0 Å². The zero-order valence-corrected chi connectivity index (χ0v) is 44.9. The van der Waals surface area contributed by atoms with Crippen molar-refractivity contribution < 1.29 is 4.42 Å². The number of para-hydroxylation sites is 2. The topological polar surface area (TPSA) is 19.6 Å². The molecule has 0 unspecified atom stereocenters. The van der Waals surface area contributed by atoms with Crippen molar-refractivity contribution >= 4 is 77.6 Å². The van der Waals surface area contributed by atoms with Crippen molar-refractivity contribution in [1.29, 1.82) is 0 Å². The molecule has 12 aromatic rings. The predicted molar refractivity (Wildman–Crippen MR) is 326 cm³/mol. The number of fused-ring (bicyclic) bond motifs is 5. The Balaban J connectivity index is 0.957. The zero-order chi connectivity index (χ0) is 52.3. The summed E-state index contributed by atoms with van der Waals surface area (Å²) in [5, 5.41) is 6.77. The highest BCUT2D eigenvalue weighted by Gasteiger charge is 2.23. The minimum absolute atomic E-state index is 0.0384. The Morgan fingerprint density at radius 3 is 1.17 bits per heavy atom. The van der Waals surface area contributed by atoms with Crippen molar-refractivity contribution in [1.82, 2.24) is 0 Å². The maximum Gasteiger partial charge on any atom is 0.136 e. The SMILES string of the molecule is CC(C)c1ccc(-c2ccccc2N(c2ccc(C(C)(C)C)cc2)c2ccc3cc4c(cc3c2)oc2cc3cc(N(c5ccc(-c6ccccc6)cc5)c5ccccc5-c5ccc(C(C)(C)C)cc5)ccc3cc24)cc1. The van der Waals surface area contributed by atoms with E-state index in [1.54, 1.807) is 0 Å². The Morgan fingerprint density at radius 2 is 0.711 bits per heavy atom. The maximum absolute atomic E-state index is 6.89. The number of hydrogen-bond acceptors (Lipinski definition) is 3. The smallest absolute Gasteiger partial charge is 0.136 e. The highest BCUT2D eigenvalue weighted by molar-refractivity contribution is 6.14. The van der Waals surface area contributed by atoms with Gasteiger partial charge in [-0.3, -0.25) is 0 Å². The van der Waals surface area contributed by atoms with Crippen molar-refractivity contribution in [3.05, 3.63) is 253 Å². The van der Waals surface area contributed by atoms with Gasteiger partial charge in [0, 0.05) is 44.6 Å². The Labute approximate surface area is 448 Å². The van der Waals surface area contributed by atoms with Gasteiger partial charge in [0.25, 0.3) is 0 Å². The van der Waals surface area contributed by atoms with Gasteiger partial charge < -0.3 is 14.2 Å². The monoisotopic (exact) mass is 985 g/mol. The lowest BCUT2D eigenvalue weighted by atomic mass is 9.86. The van der Waals surface area contributed by atoms with E-state index in [0.717, 1.165) is 77.6 Å². The maximum atomic E-state index is 6.89. The van der Waals surface area contributed by atoms with Crippen molar-refractivity contribution in [2.75, 3.05) is 9.80 Å². The van der Waals surface area contributed by atoms with Crippen LogP contribution in [0, 0.1) is 0 Å². The van der Waals surface area contributed by atoms with Gasteiger partial charge in [-0.05, 0) is 162 Å². The van der Waals surface area contributed by atoms with Gasteiger partial charge in [0.2, 0.25) is 0 Å². The average molecular weight is 985 g/mol. The fraction of sp³-hybridized carbons (Fsp3) is 0.151. The van der Waals surface area contributed by atoms with E-state index in [4.69, 9.17) is 4.42 Å². The first-order chi connectivity index (χ1) is 36.7. The van der Waals surface area contributed by atoms with Gasteiger partial charge in [-0.25, -0.2) is 0 Å². The van der Waals surface area contributed by atoms with E-state index in [-0.39, 0.29) is 10.8 Å². The van der Waals surface area contributed by atoms with Gasteiger partial charge in [-0.2, -0.15) is 0 Å². The van der Waals surface area contributed by atoms with Crippen LogP contribution in [0.2, 0.25) is 0 Å². The fourth-order valence-corrected chi connectivity index (χ4v) is 10.9. The van der Waals surface area contributed by atoms with Gasteiger partial charge in [0.15, 0.2) is 0 Å². The molecule has 1 aromatic heterocycles. The molecule has 0 saturated heterocycles. The summed E-state index contributed by atoms with van der Waals surface area (Å²) in [4.78, 5) is 4.81. The minimum Gasteiger partial charge on any atom is -0.456 e. The number of hydrogen-bond donors (Lipinski definition) is 0. The van der Waals surface area contributed by atoms with Crippen LogP contribution in [0.1, 0.15) is 78.0 Å². The summed E-state index contributed by atoms with van der Waals surface area (Å²) >= 11 is 0. The lowest BCUT2D eigenvalue weighted by Gasteiger charge is -2.29. The molecule has 3 heteroatoms. The fourth-order valence-electron chi connectivity index (χ4n) is 10.9. The normalized spacial score (nSPS) is 12.1. The molecular weight excluding hydrogens is 921 g/mol. The highest BCUT2D eigenvalue weighted by Crippen LogP contribution is 2.46. The first kappa shape index (κ1) is 48.3. The van der Waals surface area contributed by atoms with E-state index in [9.17, 15) is 0 Å². The number of furan rings is 1. The van der Waals surface area contributed by atoms with E-state index in [2.05, 4.69) is 302 Å². The van der Waals surface area contributed by atoms with Gasteiger partial charge >= 0.3 is 0 Å². The third-order valence-corrected chi connectivity index (χ3v) is 15.3. The standard InChI is InChI=1S/C73H64N2O/c1-48(2)49-22-24-52(25-23-49)64-18-12-14-20-68(64)75(61-40-34-59(35-41-61)73(6,7)8)63-39-31-55-45-67-66-44-54-30-38-62(42-56(54)46-70(66)76-71(67)47-57(55)43-63)74(60-36-28-51(29-37-60)50-16-10-9-11-17-50)69-21-15-13-19-65(69)53-26-32-58(33-27-53)72(3,4)5/h9-48H,1-8H3. The molecule has 0 radical (unpaired) electrons. The second kappa shape index (κ2) is 19.2. The molecule has 0 spiro atoms. The molecule has 3 nitrogen and oxygen atoms in total. The summed E-state index contributed by atoms with van der Waals surface area (Å²) in [5.74, 6) is 0.466. The number of anilines is 6. The lowest BCUT2D eigenvalue weighted by Crippen LogP contribution is -2.13. The zero-order valence-electron chi connectivity index (χ0n) is 44.9. The molecule has 0 saturated carbocycles. The summed E-state index contributed by atoms with van der Waals surface area (Å²) < 4.78 is 6.89. The first-order valence-corrected chi connectivity index (χ1v) is 26.8. The lowest BCUT2D eigenvalue weighted by molar-refractivity contribution is 0.590. The molecule has 11 aromatic carbocycles. The van der Waals surface area contributed by atoms with Gasteiger partial charge in [0.1, 0.15) is 11.2 Å². The van der Waals surface area contributed by atoms with Gasteiger partial charge in [-0.15, -0.1) is 0 Å². The molecule has 372 valence electrons. The van der Waals surface area contributed by atoms with Crippen LogP contribution < -0.4 is 9.80 Å². The average Bonchev–Trinajstić information content (AvgIpc) is 3.85. The molecule has 76 heavy (non-hydrogen) atoms. The summed E-state index contributed by atoms with van der Waals surface area (Å²) in [7, 11) is 0. The van der Waals surface area contributed by atoms with Crippen LogP contribution in [0.5, 0.6) is 0 Å². The summed E-state index contributed by atoms with van der Waals surface area (Å²) in [5.41, 5.74) is 19.5. The van der Waals surface area contributed by atoms with Crippen molar-refractivity contribution in [2.24, 2.45) is 0 Å². The molecular formula is C73H64N2O. The number of rotatable bonds is 10.